The smallest absolute Gasteiger partial charge is 0.230 e. The molecule has 0 N–H and O–H groups in total. The maximum atomic E-state index is 13.6. The third-order valence-corrected chi connectivity index (χ3v) is 8.35. The van der Waals surface area contributed by atoms with E-state index in [9.17, 15) is 14.4 Å². The monoisotopic (exact) mass is 552 g/mol. The van der Waals surface area contributed by atoms with E-state index >= 15 is 0 Å². The highest BCUT2D eigenvalue weighted by atomic mass is 35.5. The Kier molecular flexibility index (Phi) is 10.4. The fraction of sp³-hybridized carbons (Fsp3) is 0.516. The molecule has 0 aromatic heterocycles. The average Bonchev–Trinajstić information content (AvgIpc) is 2.96. The maximum absolute atomic E-state index is 13.6. The molecule has 0 atom stereocenters. The van der Waals surface area contributed by atoms with Gasteiger partial charge in [0.05, 0.1) is 0 Å². The molecule has 210 valence electrons. The molecule has 39 heavy (non-hydrogen) atoms. The number of rotatable bonds is 9. The molecule has 0 saturated carbocycles. The molecule has 2 heterocycles. The van der Waals surface area contributed by atoms with Gasteiger partial charge in [0.15, 0.2) is 0 Å². The number of carbonyl (C=O) groups excluding carboxylic acids is 3. The van der Waals surface area contributed by atoms with Crippen molar-refractivity contribution in [2.45, 2.75) is 46.0 Å². The van der Waals surface area contributed by atoms with Crippen LogP contribution in [0.2, 0.25) is 5.02 Å². The number of para-hydroxylation sites is 1. The Morgan fingerprint density at radius 2 is 1.41 bits per heavy atom. The molecule has 2 saturated heterocycles. The van der Waals surface area contributed by atoms with E-state index in [1.165, 1.54) is 0 Å². The normalized spacial score (nSPS) is 17.2. The topological polar surface area (TPSA) is 64.2 Å². The van der Waals surface area contributed by atoms with Crippen LogP contribution in [0.3, 0.4) is 0 Å². The third-order valence-electron chi connectivity index (χ3n) is 8.12. The summed E-state index contributed by atoms with van der Waals surface area (Å²) in [5.74, 6) is 0.363. The zero-order valence-electron chi connectivity index (χ0n) is 23.2. The molecule has 0 unspecified atom stereocenters. The lowest BCUT2D eigenvalue weighted by Gasteiger charge is -2.35. The van der Waals surface area contributed by atoms with Crippen molar-refractivity contribution < 1.29 is 14.4 Å². The van der Waals surface area contributed by atoms with Gasteiger partial charge in [0.1, 0.15) is 0 Å². The van der Waals surface area contributed by atoms with Gasteiger partial charge in [-0.3, -0.25) is 14.4 Å². The van der Waals surface area contributed by atoms with Gasteiger partial charge in [-0.15, -0.1) is 0 Å². The molecule has 2 aromatic rings. The summed E-state index contributed by atoms with van der Waals surface area (Å²) in [6, 6.07) is 17.4. The second kappa shape index (κ2) is 13.9. The van der Waals surface area contributed by atoms with E-state index in [1.807, 2.05) is 76.2 Å². The molecule has 2 aliphatic rings. The summed E-state index contributed by atoms with van der Waals surface area (Å²) >= 11 is 6.28. The molecule has 8 heteroatoms. The van der Waals surface area contributed by atoms with Gasteiger partial charge in [0, 0.05) is 61.3 Å². The number of piperidine rings is 2. The number of halogens is 1. The molecular formula is C31H41ClN4O3. The van der Waals surface area contributed by atoms with Crippen LogP contribution in [0.15, 0.2) is 54.6 Å². The molecule has 0 radical (unpaired) electrons. The standard InChI is InChI=1S/C31H41ClN4O3/c1-3-35(28-10-5-4-6-11-28)30(38)25-13-19-33(20-14-25)17-8-18-36(29-12-7-9-27(32)23-29)31(39)26-15-21-34(22-16-26)24(2)37/h4-7,9-12,23,25-26H,3,8,13-22H2,1-2H3. The molecule has 0 bridgehead atoms. The van der Waals surface area contributed by atoms with Crippen LogP contribution in [0.1, 0.15) is 46.0 Å². The summed E-state index contributed by atoms with van der Waals surface area (Å²) in [6.07, 6.45) is 3.93. The molecule has 3 amide bonds. The average molecular weight is 553 g/mol. The fourth-order valence-corrected chi connectivity index (χ4v) is 6.01. The van der Waals surface area contributed by atoms with Crippen molar-refractivity contribution in [3.63, 3.8) is 0 Å². The van der Waals surface area contributed by atoms with Gasteiger partial charge in [-0.2, -0.15) is 0 Å². The number of hydrogen-bond donors (Lipinski definition) is 0. The second-order valence-corrected chi connectivity index (χ2v) is 11.1. The highest BCUT2D eigenvalue weighted by Crippen LogP contribution is 2.27. The van der Waals surface area contributed by atoms with Gasteiger partial charge in [0.25, 0.3) is 0 Å². The van der Waals surface area contributed by atoms with Gasteiger partial charge < -0.3 is 19.6 Å². The molecule has 0 spiro atoms. The van der Waals surface area contributed by atoms with E-state index < -0.39 is 0 Å². The summed E-state index contributed by atoms with van der Waals surface area (Å²) < 4.78 is 0. The lowest BCUT2D eigenvalue weighted by molar-refractivity contribution is -0.133. The van der Waals surface area contributed by atoms with Crippen molar-refractivity contribution in [1.82, 2.24) is 9.80 Å². The molecular weight excluding hydrogens is 512 g/mol. The van der Waals surface area contributed by atoms with Crippen molar-refractivity contribution in [2.24, 2.45) is 11.8 Å². The summed E-state index contributed by atoms with van der Waals surface area (Å²) in [7, 11) is 0. The van der Waals surface area contributed by atoms with Gasteiger partial charge >= 0.3 is 0 Å². The molecule has 7 nitrogen and oxygen atoms in total. The Morgan fingerprint density at radius 1 is 0.821 bits per heavy atom. The van der Waals surface area contributed by atoms with E-state index in [-0.39, 0.29) is 29.6 Å². The minimum atomic E-state index is -0.0903. The Labute approximate surface area is 237 Å². The Morgan fingerprint density at radius 3 is 2.00 bits per heavy atom. The summed E-state index contributed by atoms with van der Waals surface area (Å²) in [5.41, 5.74) is 1.79. The number of hydrogen-bond acceptors (Lipinski definition) is 4. The van der Waals surface area contributed by atoms with Crippen LogP contribution in [0.5, 0.6) is 0 Å². The highest BCUT2D eigenvalue weighted by molar-refractivity contribution is 6.30. The van der Waals surface area contributed by atoms with Crippen molar-refractivity contribution in [1.29, 1.82) is 0 Å². The highest BCUT2D eigenvalue weighted by Gasteiger charge is 2.31. The number of anilines is 2. The van der Waals surface area contributed by atoms with Crippen LogP contribution in [0.4, 0.5) is 11.4 Å². The number of amides is 3. The van der Waals surface area contributed by atoms with Gasteiger partial charge in [-0.1, -0.05) is 35.9 Å². The number of likely N-dealkylation sites (tertiary alicyclic amines) is 2. The molecule has 2 aromatic carbocycles. The van der Waals surface area contributed by atoms with Crippen LogP contribution >= 0.6 is 11.6 Å². The third kappa shape index (κ3) is 7.61. The lowest BCUT2D eigenvalue weighted by Crippen LogP contribution is -2.45. The van der Waals surface area contributed by atoms with Gasteiger partial charge in [-0.25, -0.2) is 0 Å². The van der Waals surface area contributed by atoms with Crippen LogP contribution < -0.4 is 9.80 Å². The number of carbonyl (C=O) groups is 3. The van der Waals surface area contributed by atoms with Gasteiger partial charge in [0.2, 0.25) is 17.7 Å². The van der Waals surface area contributed by atoms with E-state index in [4.69, 9.17) is 11.6 Å². The first-order chi connectivity index (χ1) is 18.9. The number of nitrogens with zero attached hydrogens (tertiary/aromatic N) is 4. The first-order valence-electron chi connectivity index (χ1n) is 14.3. The summed E-state index contributed by atoms with van der Waals surface area (Å²) in [4.78, 5) is 46.6. The minimum absolute atomic E-state index is 0.0480. The SMILES string of the molecule is CCN(C(=O)C1CCN(CCCN(C(=O)C2CCN(C(C)=O)CC2)c2cccc(Cl)c2)CC1)c1ccccc1. The van der Waals surface area contributed by atoms with Crippen LogP contribution in [0, 0.1) is 11.8 Å². The van der Waals surface area contributed by atoms with Gasteiger partial charge in [-0.05, 0) is 89.0 Å². The predicted molar refractivity (Wildman–Crippen MR) is 157 cm³/mol. The molecule has 2 fully saturated rings. The first-order valence-corrected chi connectivity index (χ1v) is 14.7. The Bertz CT molecular complexity index is 1110. The van der Waals surface area contributed by atoms with Crippen molar-refractivity contribution in [2.75, 3.05) is 55.6 Å². The Balaban J connectivity index is 1.30. The largest absolute Gasteiger partial charge is 0.343 e. The van der Waals surface area contributed by atoms with Crippen LogP contribution in [-0.2, 0) is 14.4 Å². The van der Waals surface area contributed by atoms with Crippen LogP contribution in [-0.4, -0.2) is 73.3 Å². The van der Waals surface area contributed by atoms with Crippen molar-refractivity contribution >= 4 is 40.7 Å². The van der Waals surface area contributed by atoms with Crippen molar-refractivity contribution in [3.05, 3.63) is 59.6 Å². The van der Waals surface area contributed by atoms with E-state index in [0.717, 1.165) is 50.3 Å². The Hall–Kier alpha value is -2.90. The maximum Gasteiger partial charge on any atom is 0.230 e. The lowest BCUT2D eigenvalue weighted by atomic mass is 9.94. The second-order valence-electron chi connectivity index (χ2n) is 10.6. The molecule has 2 aliphatic heterocycles. The number of benzene rings is 2. The zero-order chi connectivity index (χ0) is 27.8. The van der Waals surface area contributed by atoms with E-state index in [0.29, 0.717) is 44.0 Å². The minimum Gasteiger partial charge on any atom is -0.343 e. The molecule has 4 rings (SSSR count). The predicted octanol–water partition coefficient (Wildman–Crippen LogP) is 5.09. The van der Waals surface area contributed by atoms with E-state index in [1.54, 1.807) is 6.92 Å². The molecule has 0 aliphatic carbocycles. The summed E-state index contributed by atoms with van der Waals surface area (Å²) in [5, 5.41) is 0.611. The quantitative estimate of drug-likeness (QED) is 0.435. The van der Waals surface area contributed by atoms with Crippen molar-refractivity contribution in [3.8, 4) is 0 Å². The zero-order valence-corrected chi connectivity index (χ0v) is 24.0. The summed E-state index contributed by atoms with van der Waals surface area (Å²) in [6.45, 7) is 8.80. The fourth-order valence-electron chi connectivity index (χ4n) is 5.82. The van der Waals surface area contributed by atoms with E-state index in [2.05, 4.69) is 4.90 Å². The first kappa shape index (κ1) is 29.1. The van der Waals surface area contributed by atoms with Crippen LogP contribution in [0.25, 0.3) is 0 Å².